The van der Waals surface area contributed by atoms with Gasteiger partial charge in [-0.1, -0.05) is 29.5 Å². The lowest BCUT2D eigenvalue weighted by Crippen LogP contribution is -2.24. The highest BCUT2D eigenvalue weighted by molar-refractivity contribution is 7.16. The zero-order chi connectivity index (χ0) is 15.4. The Morgan fingerprint density at radius 3 is 2.95 bits per heavy atom. The van der Waals surface area contributed by atoms with Gasteiger partial charge >= 0.3 is 0 Å². The molecule has 0 fully saturated rings. The number of aromatic nitrogens is 3. The molecule has 0 radical (unpaired) electrons. The molecule has 22 heavy (non-hydrogen) atoms. The molecule has 114 valence electrons. The quantitative estimate of drug-likeness (QED) is 0.757. The smallest absolute Gasteiger partial charge is 0.223 e. The molecule has 3 rings (SSSR count). The van der Waals surface area contributed by atoms with Crippen molar-refractivity contribution < 1.29 is 9.53 Å². The van der Waals surface area contributed by atoms with Crippen molar-refractivity contribution in [3.05, 3.63) is 47.2 Å². The van der Waals surface area contributed by atoms with E-state index in [9.17, 15) is 4.79 Å². The van der Waals surface area contributed by atoms with Gasteiger partial charge in [0.2, 0.25) is 10.9 Å². The molecular formula is C15H16N4O2S. The van der Waals surface area contributed by atoms with Gasteiger partial charge in [-0.2, -0.15) is 5.10 Å². The minimum atomic E-state index is -0.0589. The summed E-state index contributed by atoms with van der Waals surface area (Å²) in [6.07, 6.45) is 2.15. The highest BCUT2D eigenvalue weighted by Crippen LogP contribution is 2.13. The highest BCUT2D eigenvalue weighted by Gasteiger charge is 2.07. The Morgan fingerprint density at radius 1 is 1.36 bits per heavy atom. The number of rotatable bonds is 6. The number of para-hydroxylation sites is 1. The number of aryl methyl sites for hydroxylation is 1. The first-order valence-corrected chi connectivity index (χ1v) is 7.78. The van der Waals surface area contributed by atoms with Crippen LogP contribution in [0.5, 0.6) is 5.75 Å². The fraction of sp³-hybridized carbons (Fsp3) is 0.267. The number of nitrogens with zero attached hydrogens (tertiary/aromatic N) is 3. The largest absolute Gasteiger partial charge is 0.493 e. The fourth-order valence-corrected chi connectivity index (χ4v) is 2.73. The molecule has 0 aliphatic carbocycles. The Hall–Kier alpha value is -2.41. The third-order valence-corrected chi connectivity index (χ3v) is 3.84. The molecule has 0 saturated heterocycles. The molecule has 0 saturated carbocycles. The summed E-state index contributed by atoms with van der Waals surface area (Å²) in [7, 11) is 0. The summed E-state index contributed by atoms with van der Waals surface area (Å²) in [5, 5.41) is 8.09. The Kier molecular flexibility index (Phi) is 4.34. The van der Waals surface area contributed by atoms with E-state index < -0.39 is 0 Å². The summed E-state index contributed by atoms with van der Waals surface area (Å²) in [6, 6.07) is 9.45. The second-order valence-electron chi connectivity index (χ2n) is 4.77. The van der Waals surface area contributed by atoms with Gasteiger partial charge in [-0.25, -0.2) is 9.50 Å². The van der Waals surface area contributed by atoms with Gasteiger partial charge in [0, 0.05) is 0 Å². The number of ether oxygens (including phenoxy) is 1. The van der Waals surface area contributed by atoms with Gasteiger partial charge < -0.3 is 10.1 Å². The van der Waals surface area contributed by atoms with Crippen LogP contribution < -0.4 is 10.1 Å². The number of fused-ring (bicyclic) bond motifs is 1. The van der Waals surface area contributed by atoms with E-state index in [1.165, 1.54) is 11.3 Å². The maximum absolute atomic E-state index is 11.8. The molecule has 0 unspecified atom stereocenters. The standard InChI is InChI=1S/C15H16N4O2S/c1-11-18-19-10-12(17-15(19)22-11)9-16-14(20)7-8-21-13-5-3-2-4-6-13/h2-6,10H,7-9H2,1H3,(H,16,20). The van der Waals surface area contributed by atoms with Crippen molar-refractivity contribution in [1.82, 2.24) is 19.9 Å². The van der Waals surface area contributed by atoms with E-state index in [1.54, 1.807) is 4.52 Å². The lowest BCUT2D eigenvalue weighted by atomic mass is 10.3. The Morgan fingerprint density at radius 2 is 2.18 bits per heavy atom. The molecule has 7 heteroatoms. The summed E-state index contributed by atoms with van der Waals surface area (Å²) in [6.45, 7) is 2.70. The molecule has 1 aromatic carbocycles. The molecule has 0 aliphatic heterocycles. The van der Waals surface area contributed by atoms with Crippen molar-refractivity contribution in [2.24, 2.45) is 0 Å². The molecule has 2 aromatic heterocycles. The number of imidazole rings is 1. The monoisotopic (exact) mass is 316 g/mol. The zero-order valence-electron chi connectivity index (χ0n) is 12.2. The minimum absolute atomic E-state index is 0.0589. The SMILES string of the molecule is Cc1nn2cc(CNC(=O)CCOc3ccccc3)nc2s1. The van der Waals surface area contributed by atoms with E-state index in [0.717, 1.165) is 21.4 Å². The molecule has 0 bridgehead atoms. The van der Waals surface area contributed by atoms with E-state index in [1.807, 2.05) is 43.5 Å². The average Bonchev–Trinajstić information content (AvgIpc) is 3.03. The number of hydrogen-bond donors (Lipinski definition) is 1. The number of carbonyl (C=O) groups excluding carboxylic acids is 1. The van der Waals surface area contributed by atoms with Crippen LogP contribution >= 0.6 is 11.3 Å². The summed E-state index contributed by atoms with van der Waals surface area (Å²) >= 11 is 1.53. The van der Waals surface area contributed by atoms with Crippen molar-refractivity contribution in [3.63, 3.8) is 0 Å². The van der Waals surface area contributed by atoms with Gasteiger partial charge in [0.25, 0.3) is 0 Å². The van der Waals surface area contributed by atoms with Crippen molar-refractivity contribution in [2.45, 2.75) is 19.9 Å². The van der Waals surface area contributed by atoms with Crippen LogP contribution in [0, 0.1) is 6.92 Å². The predicted molar refractivity (Wildman–Crippen MR) is 84.0 cm³/mol. The summed E-state index contributed by atoms with van der Waals surface area (Å²) in [5.41, 5.74) is 0.802. The number of hydrogen-bond acceptors (Lipinski definition) is 5. The first-order valence-electron chi connectivity index (χ1n) is 6.97. The van der Waals surface area contributed by atoms with Gasteiger partial charge in [0.1, 0.15) is 10.8 Å². The molecule has 2 heterocycles. The lowest BCUT2D eigenvalue weighted by Gasteiger charge is -2.06. The van der Waals surface area contributed by atoms with Crippen LogP contribution in [0.2, 0.25) is 0 Å². The molecule has 6 nitrogen and oxygen atoms in total. The molecule has 3 aromatic rings. The van der Waals surface area contributed by atoms with E-state index >= 15 is 0 Å². The second-order valence-corrected chi connectivity index (χ2v) is 5.93. The van der Waals surface area contributed by atoms with Gasteiger partial charge in [-0.3, -0.25) is 4.79 Å². The van der Waals surface area contributed by atoms with Crippen LogP contribution in [0.4, 0.5) is 0 Å². The van der Waals surface area contributed by atoms with Crippen LogP contribution in [-0.4, -0.2) is 27.1 Å². The summed E-state index contributed by atoms with van der Waals surface area (Å²) in [4.78, 5) is 17.0. The van der Waals surface area contributed by atoms with Crippen molar-refractivity contribution in [2.75, 3.05) is 6.61 Å². The van der Waals surface area contributed by atoms with E-state index in [-0.39, 0.29) is 5.91 Å². The molecule has 0 spiro atoms. The third-order valence-electron chi connectivity index (χ3n) is 3.00. The van der Waals surface area contributed by atoms with Gasteiger partial charge in [0.05, 0.1) is 31.5 Å². The fourth-order valence-electron chi connectivity index (χ4n) is 1.99. The van der Waals surface area contributed by atoms with Crippen molar-refractivity contribution >= 4 is 22.2 Å². The normalized spacial score (nSPS) is 10.8. The topological polar surface area (TPSA) is 68.5 Å². The summed E-state index contributed by atoms with van der Waals surface area (Å²) < 4.78 is 7.22. The van der Waals surface area contributed by atoms with Crippen LogP contribution in [0.3, 0.4) is 0 Å². The van der Waals surface area contributed by atoms with Crippen LogP contribution in [0.25, 0.3) is 4.96 Å². The molecule has 0 atom stereocenters. The second kappa shape index (κ2) is 6.57. The zero-order valence-corrected chi connectivity index (χ0v) is 13.0. The van der Waals surface area contributed by atoms with Crippen molar-refractivity contribution in [3.8, 4) is 5.75 Å². The first kappa shape index (κ1) is 14.5. The van der Waals surface area contributed by atoms with Crippen LogP contribution in [-0.2, 0) is 11.3 Å². The Bertz CT molecular complexity index is 735. The van der Waals surface area contributed by atoms with Crippen molar-refractivity contribution in [1.29, 1.82) is 0 Å². The van der Waals surface area contributed by atoms with Crippen LogP contribution in [0.15, 0.2) is 36.5 Å². The first-order chi connectivity index (χ1) is 10.7. The van der Waals surface area contributed by atoms with E-state index in [0.29, 0.717) is 19.6 Å². The highest BCUT2D eigenvalue weighted by atomic mass is 32.1. The molecule has 1 N–H and O–H groups in total. The number of carbonyl (C=O) groups is 1. The number of nitrogens with one attached hydrogen (secondary N) is 1. The Balaban J connectivity index is 1.43. The Labute approximate surface area is 131 Å². The van der Waals surface area contributed by atoms with Gasteiger partial charge in [-0.15, -0.1) is 0 Å². The molecule has 0 aliphatic rings. The maximum Gasteiger partial charge on any atom is 0.223 e. The molecular weight excluding hydrogens is 300 g/mol. The lowest BCUT2D eigenvalue weighted by molar-refractivity contribution is -0.121. The molecule has 1 amide bonds. The maximum atomic E-state index is 11.8. The average molecular weight is 316 g/mol. The van der Waals surface area contributed by atoms with Crippen LogP contribution in [0.1, 0.15) is 17.1 Å². The third kappa shape index (κ3) is 3.62. The van der Waals surface area contributed by atoms with E-state index in [4.69, 9.17) is 4.74 Å². The van der Waals surface area contributed by atoms with Gasteiger partial charge in [0.15, 0.2) is 0 Å². The summed E-state index contributed by atoms with van der Waals surface area (Å²) in [5.74, 6) is 0.711. The predicted octanol–water partition coefficient (Wildman–Crippen LogP) is 2.18. The number of benzene rings is 1. The van der Waals surface area contributed by atoms with E-state index in [2.05, 4.69) is 15.4 Å². The van der Waals surface area contributed by atoms with Gasteiger partial charge in [-0.05, 0) is 19.1 Å². The number of amides is 1. The minimum Gasteiger partial charge on any atom is -0.493 e.